The fourth-order valence-electron chi connectivity index (χ4n) is 1.27. The molecule has 16 heavy (non-hydrogen) atoms. The number of nitrogens with one attached hydrogen (secondary N) is 1. The first-order valence-corrected chi connectivity index (χ1v) is 5.41. The van der Waals surface area contributed by atoms with Gasteiger partial charge in [-0.15, -0.1) is 0 Å². The maximum atomic E-state index is 5.92. The average Bonchev–Trinajstić information content (AvgIpc) is 2.24. The van der Waals surface area contributed by atoms with E-state index in [1.807, 2.05) is 25.1 Å². The van der Waals surface area contributed by atoms with Gasteiger partial charge in [0.2, 0.25) is 0 Å². The van der Waals surface area contributed by atoms with E-state index in [1.165, 1.54) is 6.33 Å². The molecule has 0 aliphatic rings. The summed E-state index contributed by atoms with van der Waals surface area (Å²) < 4.78 is 0. The Morgan fingerprint density at radius 3 is 2.69 bits per heavy atom. The van der Waals surface area contributed by atoms with Crippen LogP contribution in [0, 0.1) is 6.92 Å². The number of nitrogens with zero attached hydrogens (tertiary/aromatic N) is 2. The lowest BCUT2D eigenvalue weighted by molar-refractivity contribution is 1.17. The number of halogens is 2. The standard InChI is InChI=1S/C11H9Cl2N3/c1-7-2-3-8(12)4-9(7)16-11-5-10(13)14-6-15-11/h2-6H,1H3,(H,14,15,16). The highest BCUT2D eigenvalue weighted by Gasteiger charge is 2.01. The van der Waals surface area contributed by atoms with Gasteiger partial charge < -0.3 is 5.32 Å². The summed E-state index contributed by atoms with van der Waals surface area (Å²) in [6, 6.07) is 7.28. The minimum absolute atomic E-state index is 0.400. The fraction of sp³-hybridized carbons (Fsp3) is 0.0909. The van der Waals surface area contributed by atoms with E-state index in [1.54, 1.807) is 6.07 Å². The average molecular weight is 254 g/mol. The van der Waals surface area contributed by atoms with E-state index in [9.17, 15) is 0 Å². The summed E-state index contributed by atoms with van der Waals surface area (Å²) in [6.45, 7) is 1.99. The van der Waals surface area contributed by atoms with E-state index in [4.69, 9.17) is 23.2 Å². The second-order valence-electron chi connectivity index (χ2n) is 3.31. The quantitative estimate of drug-likeness (QED) is 0.827. The molecule has 2 aromatic rings. The summed E-state index contributed by atoms with van der Waals surface area (Å²) in [4.78, 5) is 7.87. The van der Waals surface area contributed by atoms with E-state index < -0.39 is 0 Å². The fourth-order valence-corrected chi connectivity index (χ4v) is 1.59. The molecular formula is C11H9Cl2N3. The number of anilines is 2. The molecule has 3 nitrogen and oxygen atoms in total. The van der Waals surface area contributed by atoms with Gasteiger partial charge in [0, 0.05) is 16.8 Å². The molecule has 0 radical (unpaired) electrons. The van der Waals surface area contributed by atoms with E-state index in [-0.39, 0.29) is 0 Å². The Kier molecular flexibility index (Phi) is 3.27. The molecule has 0 saturated carbocycles. The molecule has 0 fully saturated rings. The lowest BCUT2D eigenvalue weighted by Crippen LogP contribution is -1.96. The van der Waals surface area contributed by atoms with Gasteiger partial charge in [-0.05, 0) is 24.6 Å². The molecule has 0 unspecified atom stereocenters. The molecule has 5 heteroatoms. The van der Waals surface area contributed by atoms with Crippen molar-refractivity contribution in [2.75, 3.05) is 5.32 Å². The van der Waals surface area contributed by atoms with Gasteiger partial charge in [-0.3, -0.25) is 0 Å². The van der Waals surface area contributed by atoms with Gasteiger partial charge in [-0.1, -0.05) is 29.3 Å². The molecule has 2 rings (SSSR count). The molecule has 1 N–H and O–H groups in total. The lowest BCUT2D eigenvalue weighted by Gasteiger charge is -2.08. The van der Waals surface area contributed by atoms with Crippen LogP contribution in [-0.4, -0.2) is 9.97 Å². The molecule has 0 amide bonds. The van der Waals surface area contributed by atoms with Crippen molar-refractivity contribution in [1.29, 1.82) is 0 Å². The van der Waals surface area contributed by atoms with Crippen molar-refractivity contribution in [3.63, 3.8) is 0 Å². The Balaban J connectivity index is 2.30. The van der Waals surface area contributed by atoms with Gasteiger partial charge in [-0.25, -0.2) is 9.97 Å². The predicted octanol–water partition coefficient (Wildman–Crippen LogP) is 3.84. The molecule has 0 spiro atoms. The first-order valence-electron chi connectivity index (χ1n) is 4.66. The number of hydrogen-bond donors (Lipinski definition) is 1. The molecule has 1 aromatic carbocycles. The summed E-state index contributed by atoms with van der Waals surface area (Å²) in [6.07, 6.45) is 1.41. The minimum atomic E-state index is 0.400. The van der Waals surface area contributed by atoms with Crippen molar-refractivity contribution < 1.29 is 0 Å². The van der Waals surface area contributed by atoms with Crippen molar-refractivity contribution in [3.8, 4) is 0 Å². The normalized spacial score (nSPS) is 10.2. The second kappa shape index (κ2) is 4.68. The number of aryl methyl sites for hydroxylation is 1. The lowest BCUT2D eigenvalue weighted by atomic mass is 10.2. The topological polar surface area (TPSA) is 37.8 Å². The third kappa shape index (κ3) is 2.62. The van der Waals surface area contributed by atoms with Crippen LogP contribution in [0.15, 0.2) is 30.6 Å². The van der Waals surface area contributed by atoms with E-state index >= 15 is 0 Å². The number of benzene rings is 1. The molecular weight excluding hydrogens is 245 g/mol. The minimum Gasteiger partial charge on any atom is -0.340 e. The van der Waals surface area contributed by atoms with Gasteiger partial charge in [0.25, 0.3) is 0 Å². The zero-order chi connectivity index (χ0) is 11.5. The smallest absolute Gasteiger partial charge is 0.135 e. The van der Waals surface area contributed by atoms with Crippen molar-refractivity contribution >= 4 is 34.7 Å². The van der Waals surface area contributed by atoms with Crippen molar-refractivity contribution in [3.05, 3.63) is 46.3 Å². The summed E-state index contributed by atoms with van der Waals surface area (Å²) in [5.41, 5.74) is 1.99. The van der Waals surface area contributed by atoms with Crippen LogP contribution in [0.25, 0.3) is 0 Å². The van der Waals surface area contributed by atoms with Crippen LogP contribution < -0.4 is 5.32 Å². The zero-order valence-electron chi connectivity index (χ0n) is 8.54. The Morgan fingerprint density at radius 2 is 1.94 bits per heavy atom. The van der Waals surface area contributed by atoms with Gasteiger partial charge >= 0.3 is 0 Å². The van der Waals surface area contributed by atoms with Crippen LogP contribution >= 0.6 is 23.2 Å². The summed E-state index contributed by atoms with van der Waals surface area (Å²) in [7, 11) is 0. The van der Waals surface area contributed by atoms with Gasteiger partial charge in [-0.2, -0.15) is 0 Å². The van der Waals surface area contributed by atoms with Gasteiger partial charge in [0.15, 0.2) is 0 Å². The van der Waals surface area contributed by atoms with Crippen LogP contribution in [-0.2, 0) is 0 Å². The van der Waals surface area contributed by atoms with Crippen molar-refractivity contribution in [1.82, 2.24) is 9.97 Å². The highest BCUT2D eigenvalue weighted by atomic mass is 35.5. The predicted molar refractivity (Wildman–Crippen MR) is 66.5 cm³/mol. The van der Waals surface area contributed by atoms with Crippen LogP contribution in [0.5, 0.6) is 0 Å². The largest absolute Gasteiger partial charge is 0.340 e. The summed E-state index contributed by atoms with van der Waals surface area (Å²) >= 11 is 11.7. The van der Waals surface area contributed by atoms with E-state index in [0.29, 0.717) is 16.0 Å². The van der Waals surface area contributed by atoms with Gasteiger partial charge in [0.05, 0.1) is 0 Å². The first kappa shape index (κ1) is 11.2. The van der Waals surface area contributed by atoms with E-state index in [2.05, 4.69) is 15.3 Å². The summed E-state index contributed by atoms with van der Waals surface area (Å²) in [5.74, 6) is 0.644. The molecule has 1 heterocycles. The van der Waals surface area contributed by atoms with Crippen molar-refractivity contribution in [2.24, 2.45) is 0 Å². The zero-order valence-corrected chi connectivity index (χ0v) is 10.0. The highest BCUT2D eigenvalue weighted by molar-refractivity contribution is 6.31. The number of aromatic nitrogens is 2. The Labute approximate surface area is 103 Å². The maximum Gasteiger partial charge on any atom is 0.135 e. The number of hydrogen-bond acceptors (Lipinski definition) is 3. The highest BCUT2D eigenvalue weighted by Crippen LogP contribution is 2.23. The Hall–Kier alpha value is -1.32. The third-order valence-corrected chi connectivity index (χ3v) is 2.54. The molecule has 0 aliphatic heterocycles. The van der Waals surface area contributed by atoms with E-state index in [0.717, 1.165) is 11.3 Å². The Bertz CT molecular complexity index is 514. The molecule has 1 aromatic heterocycles. The maximum absolute atomic E-state index is 5.92. The summed E-state index contributed by atoms with van der Waals surface area (Å²) in [5, 5.41) is 4.21. The van der Waals surface area contributed by atoms with Crippen LogP contribution in [0.1, 0.15) is 5.56 Å². The molecule has 82 valence electrons. The number of rotatable bonds is 2. The monoisotopic (exact) mass is 253 g/mol. The van der Waals surface area contributed by atoms with Gasteiger partial charge in [0.1, 0.15) is 17.3 Å². The van der Waals surface area contributed by atoms with Crippen LogP contribution in [0.2, 0.25) is 10.2 Å². The second-order valence-corrected chi connectivity index (χ2v) is 4.13. The first-order chi connectivity index (χ1) is 7.65. The molecule has 0 bridgehead atoms. The molecule has 0 aliphatic carbocycles. The SMILES string of the molecule is Cc1ccc(Cl)cc1Nc1cc(Cl)ncn1. The van der Waals surface area contributed by atoms with Crippen LogP contribution in [0.4, 0.5) is 11.5 Å². The Morgan fingerprint density at radius 1 is 1.12 bits per heavy atom. The van der Waals surface area contributed by atoms with Crippen molar-refractivity contribution in [2.45, 2.75) is 6.92 Å². The molecule has 0 saturated heterocycles. The molecule has 0 atom stereocenters. The van der Waals surface area contributed by atoms with Crippen LogP contribution in [0.3, 0.4) is 0 Å². The third-order valence-electron chi connectivity index (χ3n) is 2.10.